The summed E-state index contributed by atoms with van der Waals surface area (Å²) in [5, 5.41) is 19.5. The Balaban J connectivity index is 1.69. The summed E-state index contributed by atoms with van der Waals surface area (Å²) >= 11 is 0. The predicted octanol–water partition coefficient (Wildman–Crippen LogP) is 3.44. The zero-order chi connectivity index (χ0) is 21.3. The molecule has 8 nitrogen and oxygen atoms in total. The summed E-state index contributed by atoms with van der Waals surface area (Å²) in [5.74, 6) is -0.493. The Bertz CT molecular complexity index is 1130. The van der Waals surface area contributed by atoms with Gasteiger partial charge in [-0.2, -0.15) is 5.10 Å². The number of aromatic nitrogens is 2. The molecule has 4 rings (SSSR count). The van der Waals surface area contributed by atoms with Gasteiger partial charge in [0.05, 0.1) is 19.3 Å². The largest absolute Gasteiger partial charge is 0.497 e. The average molecular weight is 404 g/mol. The van der Waals surface area contributed by atoms with Gasteiger partial charge < -0.3 is 20.5 Å². The Hall–Kier alpha value is -4.07. The molecule has 0 fully saturated rings. The molecule has 1 atom stereocenters. The summed E-state index contributed by atoms with van der Waals surface area (Å²) in [4.78, 5) is 24.5. The highest BCUT2D eigenvalue weighted by Gasteiger charge is 2.29. The molecule has 2 aromatic carbocycles. The number of rotatable bonds is 5. The highest BCUT2D eigenvalue weighted by atomic mass is 16.5. The van der Waals surface area contributed by atoms with E-state index in [0.29, 0.717) is 17.3 Å². The van der Waals surface area contributed by atoms with Crippen LogP contribution in [0.25, 0.3) is 0 Å². The molecule has 0 bridgehead atoms. The number of carboxylic acids is 1. The van der Waals surface area contributed by atoms with E-state index in [2.05, 4.69) is 15.7 Å². The fraction of sp³-hybridized carbons (Fsp3) is 0.136. The van der Waals surface area contributed by atoms with Gasteiger partial charge in [0.1, 0.15) is 22.8 Å². The van der Waals surface area contributed by atoms with Gasteiger partial charge >= 0.3 is 5.97 Å². The second-order valence-electron chi connectivity index (χ2n) is 6.90. The van der Waals surface area contributed by atoms with E-state index in [9.17, 15) is 14.7 Å². The van der Waals surface area contributed by atoms with Gasteiger partial charge in [-0.25, -0.2) is 9.48 Å². The molecule has 1 aliphatic rings. The summed E-state index contributed by atoms with van der Waals surface area (Å²) in [7, 11) is 1.58. The third-order valence-corrected chi connectivity index (χ3v) is 4.88. The lowest BCUT2D eigenvalue weighted by atomic mass is 10.0. The molecule has 1 aromatic heterocycles. The van der Waals surface area contributed by atoms with Crippen LogP contribution in [0.2, 0.25) is 0 Å². The zero-order valence-corrected chi connectivity index (χ0v) is 16.4. The number of hydrogen-bond acceptors (Lipinski definition) is 5. The van der Waals surface area contributed by atoms with Crippen molar-refractivity contribution in [3.05, 3.63) is 83.2 Å². The standard InChI is InChI=1S/C22H20N4O4/c1-13-3-7-15(8-4-13)24-21(27)17-12-23-26-19(11-18(22(28)29)25-20(17)26)14-5-9-16(30-2)10-6-14/h3-12,19,25H,1-2H3,(H,24,27)(H,28,29)/t19-/m0/s1. The van der Waals surface area contributed by atoms with E-state index in [0.717, 1.165) is 11.1 Å². The maximum atomic E-state index is 12.8. The van der Waals surface area contributed by atoms with Crippen LogP contribution in [0.1, 0.15) is 27.5 Å². The Morgan fingerprint density at radius 2 is 1.83 bits per heavy atom. The van der Waals surface area contributed by atoms with Crippen molar-refractivity contribution in [3.63, 3.8) is 0 Å². The molecule has 8 heteroatoms. The molecule has 1 amide bonds. The maximum Gasteiger partial charge on any atom is 0.352 e. The first-order chi connectivity index (χ1) is 14.5. The molecule has 0 unspecified atom stereocenters. The van der Waals surface area contributed by atoms with Gasteiger partial charge in [0.2, 0.25) is 0 Å². The molecule has 30 heavy (non-hydrogen) atoms. The minimum absolute atomic E-state index is 0.0202. The van der Waals surface area contributed by atoms with Crippen LogP contribution in [0, 0.1) is 6.92 Å². The Kier molecular flexibility index (Phi) is 4.97. The third-order valence-electron chi connectivity index (χ3n) is 4.88. The van der Waals surface area contributed by atoms with Crippen molar-refractivity contribution in [2.45, 2.75) is 13.0 Å². The summed E-state index contributed by atoms with van der Waals surface area (Å²) in [6, 6.07) is 14.2. The summed E-state index contributed by atoms with van der Waals surface area (Å²) < 4.78 is 6.78. The van der Waals surface area contributed by atoms with Crippen LogP contribution in [-0.4, -0.2) is 33.9 Å². The number of carbonyl (C=O) groups is 2. The highest BCUT2D eigenvalue weighted by molar-refractivity contribution is 6.08. The predicted molar refractivity (Wildman–Crippen MR) is 112 cm³/mol. The molecule has 0 saturated heterocycles. The van der Waals surface area contributed by atoms with E-state index < -0.39 is 12.0 Å². The number of ether oxygens (including phenoxy) is 1. The quantitative estimate of drug-likeness (QED) is 0.602. The summed E-state index contributed by atoms with van der Waals surface area (Å²) in [6.07, 6.45) is 2.99. The molecule has 0 radical (unpaired) electrons. The van der Waals surface area contributed by atoms with Crippen LogP contribution in [0.15, 0.2) is 66.5 Å². The Morgan fingerprint density at radius 1 is 1.13 bits per heavy atom. The average Bonchev–Trinajstić information content (AvgIpc) is 3.19. The summed E-state index contributed by atoms with van der Waals surface area (Å²) in [5.41, 5.74) is 2.76. The number of fused-ring (bicyclic) bond motifs is 1. The van der Waals surface area contributed by atoms with Crippen molar-refractivity contribution < 1.29 is 19.4 Å². The lowest BCUT2D eigenvalue weighted by Crippen LogP contribution is -2.25. The Morgan fingerprint density at radius 3 is 2.47 bits per heavy atom. The van der Waals surface area contributed by atoms with E-state index in [-0.39, 0.29) is 17.2 Å². The molecule has 3 aromatic rings. The number of amides is 1. The normalized spacial score (nSPS) is 14.9. The third kappa shape index (κ3) is 3.62. The van der Waals surface area contributed by atoms with Gasteiger partial charge in [0.25, 0.3) is 5.91 Å². The van der Waals surface area contributed by atoms with Crippen molar-refractivity contribution in [2.75, 3.05) is 17.7 Å². The molecular formula is C22H20N4O4. The molecule has 152 valence electrons. The Labute approximate surface area is 172 Å². The molecule has 0 saturated carbocycles. The van der Waals surface area contributed by atoms with Gasteiger partial charge in [0, 0.05) is 5.69 Å². The van der Waals surface area contributed by atoms with Crippen molar-refractivity contribution in [2.24, 2.45) is 0 Å². The number of aryl methyl sites for hydroxylation is 1. The van der Waals surface area contributed by atoms with Crippen LogP contribution >= 0.6 is 0 Å². The smallest absolute Gasteiger partial charge is 0.352 e. The lowest BCUT2D eigenvalue weighted by molar-refractivity contribution is -0.132. The highest BCUT2D eigenvalue weighted by Crippen LogP contribution is 2.33. The number of allylic oxidation sites excluding steroid dienone is 1. The van der Waals surface area contributed by atoms with Crippen molar-refractivity contribution >= 4 is 23.4 Å². The van der Waals surface area contributed by atoms with E-state index in [1.807, 2.05) is 31.2 Å². The van der Waals surface area contributed by atoms with Crippen molar-refractivity contribution in [1.82, 2.24) is 9.78 Å². The second-order valence-corrected chi connectivity index (χ2v) is 6.90. The molecule has 3 N–H and O–H groups in total. The number of carboxylic acid groups (broad SMARTS) is 1. The maximum absolute atomic E-state index is 12.8. The number of benzene rings is 2. The van der Waals surface area contributed by atoms with Gasteiger partial charge in [-0.3, -0.25) is 4.79 Å². The number of aliphatic carboxylic acids is 1. The van der Waals surface area contributed by atoms with Gasteiger partial charge in [-0.05, 0) is 42.8 Å². The zero-order valence-electron chi connectivity index (χ0n) is 16.4. The molecule has 1 aliphatic heterocycles. The van der Waals surface area contributed by atoms with E-state index >= 15 is 0 Å². The van der Waals surface area contributed by atoms with Gasteiger partial charge in [0.15, 0.2) is 0 Å². The van der Waals surface area contributed by atoms with Crippen molar-refractivity contribution in [3.8, 4) is 5.75 Å². The number of methoxy groups -OCH3 is 1. The van der Waals surface area contributed by atoms with Gasteiger partial charge in [-0.15, -0.1) is 0 Å². The second kappa shape index (κ2) is 7.75. The molecule has 2 heterocycles. The first-order valence-corrected chi connectivity index (χ1v) is 9.28. The topological polar surface area (TPSA) is 105 Å². The van der Waals surface area contributed by atoms with Crippen LogP contribution < -0.4 is 15.4 Å². The minimum Gasteiger partial charge on any atom is -0.497 e. The number of hydrogen-bond donors (Lipinski definition) is 3. The first kappa shape index (κ1) is 19.3. The number of nitrogens with zero attached hydrogens (tertiary/aromatic N) is 2. The monoisotopic (exact) mass is 404 g/mol. The van der Waals surface area contributed by atoms with Gasteiger partial charge in [-0.1, -0.05) is 29.8 Å². The lowest BCUT2D eigenvalue weighted by Gasteiger charge is -2.24. The van der Waals surface area contributed by atoms with E-state index in [1.54, 1.807) is 42.1 Å². The number of carbonyl (C=O) groups excluding carboxylic acids is 1. The van der Waals surface area contributed by atoms with Crippen LogP contribution in [-0.2, 0) is 4.79 Å². The van der Waals surface area contributed by atoms with Crippen molar-refractivity contribution in [1.29, 1.82) is 0 Å². The first-order valence-electron chi connectivity index (χ1n) is 9.28. The van der Waals surface area contributed by atoms with Crippen LogP contribution in [0.4, 0.5) is 11.5 Å². The molecular weight excluding hydrogens is 384 g/mol. The minimum atomic E-state index is -1.12. The van der Waals surface area contributed by atoms with E-state index in [4.69, 9.17) is 4.74 Å². The number of anilines is 2. The fourth-order valence-corrected chi connectivity index (χ4v) is 3.26. The molecule has 0 spiro atoms. The molecule has 0 aliphatic carbocycles. The summed E-state index contributed by atoms with van der Waals surface area (Å²) in [6.45, 7) is 1.96. The number of nitrogens with one attached hydrogen (secondary N) is 2. The van der Waals surface area contributed by atoms with Crippen LogP contribution in [0.5, 0.6) is 5.75 Å². The SMILES string of the molecule is COc1ccc([C@@H]2C=C(C(=O)O)Nc3c(C(=O)Nc4ccc(C)cc4)cnn32)cc1. The van der Waals surface area contributed by atoms with Crippen LogP contribution in [0.3, 0.4) is 0 Å². The fourth-order valence-electron chi connectivity index (χ4n) is 3.26. The van der Waals surface area contributed by atoms with E-state index in [1.165, 1.54) is 6.20 Å².